The Balaban J connectivity index is 1.52. The molecule has 1 aliphatic heterocycles. The van der Waals surface area contributed by atoms with Crippen LogP contribution in [-0.4, -0.2) is 40.3 Å². The first-order chi connectivity index (χ1) is 12.1. The van der Waals surface area contributed by atoms with Crippen LogP contribution in [0.15, 0.2) is 53.8 Å². The summed E-state index contributed by atoms with van der Waals surface area (Å²) in [5, 5.41) is 0. The van der Waals surface area contributed by atoms with Gasteiger partial charge in [-0.05, 0) is 44.0 Å². The number of sulfonamides is 1. The zero-order valence-corrected chi connectivity index (χ0v) is 14.9. The molecule has 130 valence electrons. The van der Waals surface area contributed by atoms with E-state index in [2.05, 4.69) is 14.5 Å². The average Bonchev–Trinajstić information content (AvgIpc) is 3.06. The Hall–Kier alpha value is -2.25. The number of aryl methyl sites for hydroxylation is 1. The second-order valence-corrected chi connectivity index (χ2v) is 8.38. The van der Waals surface area contributed by atoms with Gasteiger partial charge in [0.05, 0.1) is 11.2 Å². The minimum absolute atomic E-state index is 0.226. The first-order valence-corrected chi connectivity index (χ1v) is 9.84. The molecule has 0 amide bonds. The van der Waals surface area contributed by atoms with Gasteiger partial charge < -0.3 is 4.57 Å². The summed E-state index contributed by atoms with van der Waals surface area (Å²) in [6.07, 6.45) is 5.09. The van der Waals surface area contributed by atoms with Gasteiger partial charge in [0, 0.05) is 25.3 Å². The lowest BCUT2D eigenvalue weighted by Gasteiger charge is -2.31. The molecule has 0 spiro atoms. The van der Waals surface area contributed by atoms with Gasteiger partial charge in [0.25, 0.3) is 0 Å². The fraction of sp³-hybridized carbons (Fsp3) is 0.333. The van der Waals surface area contributed by atoms with Crippen molar-refractivity contribution >= 4 is 21.2 Å². The average molecular weight is 356 g/mol. The minimum atomic E-state index is -3.42. The van der Waals surface area contributed by atoms with Crippen LogP contribution in [0.1, 0.15) is 24.4 Å². The van der Waals surface area contributed by atoms with E-state index in [0.717, 1.165) is 29.6 Å². The van der Waals surface area contributed by atoms with Crippen molar-refractivity contribution in [1.29, 1.82) is 0 Å². The Bertz CT molecular complexity index is 987. The molecule has 1 aromatic carbocycles. The quantitative estimate of drug-likeness (QED) is 0.724. The molecule has 1 fully saturated rings. The Kier molecular flexibility index (Phi) is 4.05. The molecule has 25 heavy (non-hydrogen) atoms. The third-order valence-corrected chi connectivity index (χ3v) is 6.72. The van der Waals surface area contributed by atoms with Crippen LogP contribution in [0.2, 0.25) is 0 Å². The summed E-state index contributed by atoms with van der Waals surface area (Å²) in [6.45, 7) is 2.96. The monoisotopic (exact) mass is 356 g/mol. The van der Waals surface area contributed by atoms with E-state index in [9.17, 15) is 8.42 Å². The second kappa shape index (κ2) is 6.24. The molecule has 0 aliphatic carbocycles. The highest BCUT2D eigenvalue weighted by molar-refractivity contribution is 7.89. The van der Waals surface area contributed by atoms with Crippen molar-refractivity contribution in [2.75, 3.05) is 13.1 Å². The Morgan fingerprint density at radius 2 is 1.76 bits per heavy atom. The molecule has 0 atom stereocenters. The summed E-state index contributed by atoms with van der Waals surface area (Å²) < 4.78 is 29.3. The van der Waals surface area contributed by atoms with Gasteiger partial charge in [-0.2, -0.15) is 4.31 Å². The topological polar surface area (TPSA) is 68.1 Å². The van der Waals surface area contributed by atoms with Crippen LogP contribution >= 0.6 is 0 Å². The summed E-state index contributed by atoms with van der Waals surface area (Å²) in [7, 11) is -3.42. The maximum absolute atomic E-state index is 12.8. The summed E-state index contributed by atoms with van der Waals surface area (Å²) in [6, 6.07) is 11.1. The molecule has 0 radical (unpaired) electrons. The van der Waals surface area contributed by atoms with Crippen molar-refractivity contribution in [3.63, 3.8) is 0 Å². The predicted molar refractivity (Wildman–Crippen MR) is 95.7 cm³/mol. The molecule has 3 heterocycles. The van der Waals surface area contributed by atoms with Crippen LogP contribution in [0, 0.1) is 6.92 Å². The third kappa shape index (κ3) is 2.94. The largest absolute Gasteiger partial charge is 0.312 e. The van der Waals surface area contributed by atoms with E-state index in [1.807, 2.05) is 37.5 Å². The van der Waals surface area contributed by atoms with Crippen molar-refractivity contribution < 1.29 is 8.42 Å². The Morgan fingerprint density at radius 1 is 1.04 bits per heavy atom. The summed E-state index contributed by atoms with van der Waals surface area (Å²) in [4.78, 5) is 9.16. The number of aromatic nitrogens is 3. The molecular formula is C18H20N4O2S. The van der Waals surface area contributed by atoms with Gasteiger partial charge in [0.15, 0.2) is 5.65 Å². The molecule has 0 unspecified atom stereocenters. The van der Waals surface area contributed by atoms with E-state index in [1.165, 1.54) is 0 Å². The lowest BCUT2D eigenvalue weighted by Crippen LogP contribution is -2.39. The van der Waals surface area contributed by atoms with E-state index >= 15 is 0 Å². The summed E-state index contributed by atoms with van der Waals surface area (Å²) in [5.74, 6) is 0. The van der Waals surface area contributed by atoms with Crippen LogP contribution in [0.5, 0.6) is 0 Å². The van der Waals surface area contributed by atoms with Crippen LogP contribution in [0.3, 0.4) is 0 Å². The molecule has 2 aromatic heterocycles. The van der Waals surface area contributed by atoms with Crippen molar-refractivity contribution in [3.05, 3.63) is 54.5 Å². The van der Waals surface area contributed by atoms with Gasteiger partial charge in [0.1, 0.15) is 5.52 Å². The lowest BCUT2D eigenvalue weighted by molar-refractivity contribution is 0.276. The Morgan fingerprint density at radius 3 is 2.48 bits per heavy atom. The number of hydrogen-bond acceptors (Lipinski definition) is 4. The first-order valence-electron chi connectivity index (χ1n) is 8.40. The van der Waals surface area contributed by atoms with Crippen molar-refractivity contribution in [3.8, 4) is 0 Å². The van der Waals surface area contributed by atoms with E-state index in [-0.39, 0.29) is 6.04 Å². The highest BCUT2D eigenvalue weighted by Gasteiger charge is 2.30. The van der Waals surface area contributed by atoms with Gasteiger partial charge >= 0.3 is 0 Å². The van der Waals surface area contributed by atoms with Gasteiger partial charge in [-0.15, -0.1) is 0 Å². The number of fused-ring (bicyclic) bond motifs is 1. The van der Waals surface area contributed by atoms with Crippen LogP contribution < -0.4 is 0 Å². The lowest BCUT2D eigenvalue weighted by atomic mass is 10.1. The molecule has 3 aromatic rings. The van der Waals surface area contributed by atoms with Gasteiger partial charge in [-0.3, -0.25) is 0 Å². The molecule has 6 nitrogen and oxygen atoms in total. The number of nitrogens with zero attached hydrogens (tertiary/aromatic N) is 4. The Labute approximate surface area is 147 Å². The number of benzene rings is 1. The highest BCUT2D eigenvalue weighted by Crippen LogP contribution is 2.28. The molecule has 1 saturated heterocycles. The number of hydrogen-bond donors (Lipinski definition) is 0. The minimum Gasteiger partial charge on any atom is -0.312 e. The standard InChI is InChI=1S/C18H20N4O2S/c1-14-4-6-16(7-5-14)25(23,24)21-11-8-15(9-12-21)22-13-20-17-3-2-10-19-18(17)22/h2-7,10,13,15H,8-9,11-12H2,1H3. The van der Waals surface area contributed by atoms with E-state index in [1.54, 1.807) is 22.6 Å². The van der Waals surface area contributed by atoms with Crippen molar-refractivity contribution in [2.24, 2.45) is 0 Å². The van der Waals surface area contributed by atoms with Crippen LogP contribution in [0.4, 0.5) is 0 Å². The third-order valence-electron chi connectivity index (χ3n) is 4.81. The molecule has 7 heteroatoms. The number of rotatable bonds is 3. The van der Waals surface area contributed by atoms with Crippen molar-refractivity contribution in [2.45, 2.75) is 30.7 Å². The zero-order valence-electron chi connectivity index (χ0n) is 14.0. The number of imidazole rings is 1. The predicted octanol–water partition coefficient (Wildman–Crippen LogP) is 2.77. The molecule has 4 rings (SSSR count). The fourth-order valence-corrected chi connectivity index (χ4v) is 4.82. The van der Waals surface area contributed by atoms with Gasteiger partial charge in [0.2, 0.25) is 10.0 Å². The van der Waals surface area contributed by atoms with Gasteiger partial charge in [-0.25, -0.2) is 18.4 Å². The first kappa shape index (κ1) is 16.2. The number of piperidine rings is 1. The van der Waals surface area contributed by atoms with Crippen molar-refractivity contribution in [1.82, 2.24) is 18.8 Å². The van der Waals surface area contributed by atoms with E-state index in [4.69, 9.17) is 0 Å². The highest BCUT2D eigenvalue weighted by atomic mass is 32.2. The summed E-state index contributed by atoms with van der Waals surface area (Å²) >= 11 is 0. The molecule has 0 saturated carbocycles. The molecule has 1 aliphatic rings. The van der Waals surface area contributed by atoms with Gasteiger partial charge in [-0.1, -0.05) is 17.7 Å². The smallest absolute Gasteiger partial charge is 0.243 e. The second-order valence-electron chi connectivity index (χ2n) is 6.45. The molecule has 0 N–H and O–H groups in total. The van der Waals surface area contributed by atoms with E-state index < -0.39 is 10.0 Å². The maximum Gasteiger partial charge on any atom is 0.243 e. The zero-order chi connectivity index (χ0) is 17.4. The normalized spacial score (nSPS) is 17.2. The van der Waals surface area contributed by atoms with Crippen LogP contribution in [0.25, 0.3) is 11.2 Å². The SMILES string of the molecule is Cc1ccc(S(=O)(=O)N2CCC(n3cnc4cccnc43)CC2)cc1. The van der Waals surface area contributed by atoms with Crippen LogP contribution in [-0.2, 0) is 10.0 Å². The molecule has 0 bridgehead atoms. The van der Waals surface area contributed by atoms with E-state index in [0.29, 0.717) is 18.0 Å². The summed E-state index contributed by atoms with van der Waals surface area (Å²) in [5.41, 5.74) is 2.79. The maximum atomic E-state index is 12.8. The number of pyridine rings is 1. The molecular weight excluding hydrogens is 336 g/mol. The fourth-order valence-electron chi connectivity index (χ4n) is 3.35.